The molecule has 1 aliphatic heterocycles. The van der Waals surface area contributed by atoms with Crippen LogP contribution in [0, 0.1) is 5.92 Å². The summed E-state index contributed by atoms with van der Waals surface area (Å²) in [4.78, 5) is 0. The SMILES string of the molecule is C/C1=C/CCC(C(F)F)CCN1. The van der Waals surface area contributed by atoms with Crippen LogP contribution in [0.5, 0.6) is 0 Å². The van der Waals surface area contributed by atoms with Crippen LogP contribution in [-0.4, -0.2) is 13.0 Å². The Labute approximate surface area is 71.8 Å². The molecule has 1 nitrogen and oxygen atoms in total. The van der Waals surface area contributed by atoms with Gasteiger partial charge in [-0.1, -0.05) is 6.08 Å². The van der Waals surface area contributed by atoms with Crippen molar-refractivity contribution in [3.63, 3.8) is 0 Å². The van der Waals surface area contributed by atoms with Crippen LogP contribution < -0.4 is 5.32 Å². The second-order valence-electron chi connectivity index (χ2n) is 3.27. The van der Waals surface area contributed by atoms with E-state index in [9.17, 15) is 8.78 Å². The lowest BCUT2D eigenvalue weighted by Gasteiger charge is -2.18. The normalized spacial score (nSPS) is 30.0. The molecule has 3 heteroatoms. The Kier molecular flexibility index (Phi) is 3.50. The first-order chi connectivity index (χ1) is 5.70. The molecule has 0 amide bonds. The Morgan fingerprint density at radius 2 is 2.25 bits per heavy atom. The molecule has 0 saturated heterocycles. The zero-order valence-electron chi connectivity index (χ0n) is 7.32. The molecule has 0 aromatic carbocycles. The van der Waals surface area contributed by atoms with Gasteiger partial charge < -0.3 is 5.32 Å². The van der Waals surface area contributed by atoms with E-state index < -0.39 is 12.3 Å². The van der Waals surface area contributed by atoms with Crippen molar-refractivity contribution in [2.45, 2.75) is 32.6 Å². The summed E-state index contributed by atoms with van der Waals surface area (Å²) in [5.41, 5.74) is 1.11. The molecule has 1 unspecified atom stereocenters. The first-order valence-corrected chi connectivity index (χ1v) is 4.39. The van der Waals surface area contributed by atoms with E-state index in [1.54, 1.807) is 0 Å². The minimum absolute atomic E-state index is 0.415. The average molecular weight is 175 g/mol. The van der Waals surface area contributed by atoms with E-state index in [4.69, 9.17) is 0 Å². The Bertz CT molecular complexity index is 166. The molecule has 1 N–H and O–H groups in total. The number of halogens is 2. The number of allylic oxidation sites excluding steroid dienone is 2. The fourth-order valence-corrected chi connectivity index (χ4v) is 1.44. The van der Waals surface area contributed by atoms with Gasteiger partial charge in [0.25, 0.3) is 0 Å². The molecule has 0 radical (unpaired) electrons. The maximum atomic E-state index is 12.3. The minimum atomic E-state index is -2.15. The molecular formula is C9H15F2N. The Hall–Kier alpha value is -0.600. The van der Waals surface area contributed by atoms with E-state index in [1.165, 1.54) is 0 Å². The second kappa shape index (κ2) is 4.43. The zero-order chi connectivity index (χ0) is 8.97. The lowest BCUT2D eigenvalue weighted by atomic mass is 9.98. The summed E-state index contributed by atoms with van der Waals surface area (Å²) in [6, 6.07) is 0. The van der Waals surface area contributed by atoms with Crippen LogP contribution in [0.2, 0.25) is 0 Å². The molecule has 0 aliphatic carbocycles. The second-order valence-corrected chi connectivity index (χ2v) is 3.27. The number of rotatable bonds is 1. The smallest absolute Gasteiger partial charge is 0.241 e. The molecule has 1 rings (SSSR count). The zero-order valence-corrected chi connectivity index (χ0v) is 7.32. The molecule has 0 bridgehead atoms. The van der Waals surface area contributed by atoms with Crippen molar-refractivity contribution in [3.05, 3.63) is 11.8 Å². The molecule has 1 heterocycles. The van der Waals surface area contributed by atoms with E-state index in [0.717, 1.165) is 12.1 Å². The van der Waals surface area contributed by atoms with E-state index in [-0.39, 0.29) is 0 Å². The topological polar surface area (TPSA) is 12.0 Å². The molecule has 1 aliphatic rings. The quantitative estimate of drug-likeness (QED) is 0.645. The van der Waals surface area contributed by atoms with Gasteiger partial charge in [-0.25, -0.2) is 8.78 Å². The van der Waals surface area contributed by atoms with Crippen molar-refractivity contribution < 1.29 is 8.78 Å². The van der Waals surface area contributed by atoms with E-state index in [0.29, 0.717) is 19.4 Å². The molecule has 12 heavy (non-hydrogen) atoms. The van der Waals surface area contributed by atoms with Crippen LogP contribution in [-0.2, 0) is 0 Å². The van der Waals surface area contributed by atoms with E-state index in [1.807, 2.05) is 13.0 Å². The van der Waals surface area contributed by atoms with Gasteiger partial charge in [0.05, 0.1) is 0 Å². The molecule has 0 fully saturated rings. The van der Waals surface area contributed by atoms with Crippen molar-refractivity contribution in [2.24, 2.45) is 5.92 Å². The monoisotopic (exact) mass is 175 g/mol. The molecular weight excluding hydrogens is 160 g/mol. The van der Waals surface area contributed by atoms with Gasteiger partial charge in [0.2, 0.25) is 6.43 Å². The average Bonchev–Trinajstić information content (AvgIpc) is 1.95. The molecule has 0 spiro atoms. The van der Waals surface area contributed by atoms with Gasteiger partial charge in [-0.05, 0) is 26.2 Å². The lowest BCUT2D eigenvalue weighted by molar-refractivity contribution is 0.0677. The summed E-state index contributed by atoms with van der Waals surface area (Å²) in [7, 11) is 0. The highest BCUT2D eigenvalue weighted by molar-refractivity contribution is 4.96. The largest absolute Gasteiger partial charge is 0.389 e. The lowest BCUT2D eigenvalue weighted by Crippen LogP contribution is -2.22. The van der Waals surface area contributed by atoms with Crippen molar-refractivity contribution in [3.8, 4) is 0 Å². The molecule has 1 atom stereocenters. The van der Waals surface area contributed by atoms with Crippen LogP contribution in [0.3, 0.4) is 0 Å². The summed E-state index contributed by atoms with van der Waals surface area (Å²) >= 11 is 0. The van der Waals surface area contributed by atoms with Crippen LogP contribution >= 0.6 is 0 Å². The fraction of sp³-hybridized carbons (Fsp3) is 0.778. The van der Waals surface area contributed by atoms with Crippen LogP contribution in [0.15, 0.2) is 11.8 Å². The van der Waals surface area contributed by atoms with Crippen molar-refractivity contribution in [2.75, 3.05) is 6.54 Å². The van der Waals surface area contributed by atoms with Crippen molar-refractivity contribution in [1.29, 1.82) is 0 Å². The Balaban J connectivity index is 2.42. The van der Waals surface area contributed by atoms with Crippen LogP contribution in [0.4, 0.5) is 8.78 Å². The standard InChI is InChI=1S/C9H15F2N/c1-7-3-2-4-8(9(10)11)5-6-12-7/h3,8-9,12H,2,4-6H2,1H3/b7-3-. The van der Waals surface area contributed by atoms with Gasteiger partial charge in [-0.2, -0.15) is 0 Å². The predicted molar refractivity (Wildman–Crippen MR) is 45.1 cm³/mol. The predicted octanol–water partition coefficient (Wildman–Crippen LogP) is 2.54. The minimum Gasteiger partial charge on any atom is -0.389 e. The number of alkyl halides is 2. The third-order valence-electron chi connectivity index (χ3n) is 2.26. The number of nitrogens with one attached hydrogen (secondary N) is 1. The van der Waals surface area contributed by atoms with Crippen molar-refractivity contribution in [1.82, 2.24) is 5.32 Å². The summed E-state index contributed by atoms with van der Waals surface area (Å²) in [6.07, 6.45) is 1.82. The maximum absolute atomic E-state index is 12.3. The Morgan fingerprint density at radius 3 is 2.92 bits per heavy atom. The highest BCUT2D eigenvalue weighted by Crippen LogP contribution is 2.21. The van der Waals surface area contributed by atoms with Gasteiger partial charge in [0.15, 0.2) is 0 Å². The fourth-order valence-electron chi connectivity index (χ4n) is 1.44. The van der Waals surface area contributed by atoms with Gasteiger partial charge in [0, 0.05) is 18.2 Å². The summed E-state index contributed by atoms with van der Waals surface area (Å²) in [5.74, 6) is -0.415. The van der Waals surface area contributed by atoms with Crippen molar-refractivity contribution >= 4 is 0 Å². The molecule has 70 valence electrons. The van der Waals surface area contributed by atoms with Crippen LogP contribution in [0.1, 0.15) is 26.2 Å². The summed E-state index contributed by atoms with van der Waals surface area (Å²) in [6.45, 7) is 2.65. The molecule has 0 aromatic rings. The summed E-state index contributed by atoms with van der Waals surface area (Å²) in [5, 5.41) is 3.10. The third kappa shape index (κ3) is 2.80. The molecule has 0 saturated carbocycles. The first kappa shape index (κ1) is 9.49. The highest BCUT2D eigenvalue weighted by atomic mass is 19.3. The first-order valence-electron chi connectivity index (χ1n) is 4.39. The summed E-state index contributed by atoms with van der Waals surface area (Å²) < 4.78 is 24.6. The van der Waals surface area contributed by atoms with Gasteiger partial charge in [0.1, 0.15) is 0 Å². The van der Waals surface area contributed by atoms with Gasteiger partial charge in [-0.15, -0.1) is 0 Å². The van der Waals surface area contributed by atoms with E-state index >= 15 is 0 Å². The Morgan fingerprint density at radius 1 is 1.50 bits per heavy atom. The number of hydrogen-bond donors (Lipinski definition) is 1. The maximum Gasteiger partial charge on any atom is 0.241 e. The highest BCUT2D eigenvalue weighted by Gasteiger charge is 2.19. The van der Waals surface area contributed by atoms with Gasteiger partial charge in [-0.3, -0.25) is 0 Å². The molecule has 0 aromatic heterocycles. The van der Waals surface area contributed by atoms with Crippen LogP contribution in [0.25, 0.3) is 0 Å². The van der Waals surface area contributed by atoms with E-state index in [2.05, 4.69) is 5.32 Å². The van der Waals surface area contributed by atoms with Gasteiger partial charge >= 0.3 is 0 Å². The number of hydrogen-bond acceptors (Lipinski definition) is 1. The third-order valence-corrected chi connectivity index (χ3v) is 2.26.